The minimum Gasteiger partial charge on any atom is -0.508 e. The van der Waals surface area contributed by atoms with Gasteiger partial charge in [0.1, 0.15) is 17.8 Å². The summed E-state index contributed by atoms with van der Waals surface area (Å²) in [5.41, 5.74) is 11.2. The Kier molecular flexibility index (Phi) is 15.6. The Bertz CT molecular complexity index is 2450. The van der Waals surface area contributed by atoms with Gasteiger partial charge in [0, 0.05) is 75.2 Å². The van der Waals surface area contributed by atoms with Gasteiger partial charge in [-0.15, -0.1) is 0 Å². The fraction of sp³-hybridized carbons (Fsp3) is 0.509. The molecule has 3 aromatic carbocycles. The topological polar surface area (TPSA) is 155 Å². The number of carbonyl (C=O) groups is 4. The minimum atomic E-state index is -1.05. The number of hydrogen-bond acceptors (Lipinski definition) is 10. The molecule has 0 aliphatic carbocycles. The number of benzene rings is 3. The second-order valence-corrected chi connectivity index (χ2v) is 19.8. The van der Waals surface area contributed by atoms with Crippen molar-refractivity contribution in [2.45, 2.75) is 105 Å². The van der Waals surface area contributed by atoms with Crippen LogP contribution in [0, 0.1) is 17.3 Å². The normalized spacial score (nSPS) is 20.5. The summed E-state index contributed by atoms with van der Waals surface area (Å²) in [5, 5.41) is 17.0. The number of aromatic hydroxyl groups is 1. The molecule has 14 heteroatoms. The first-order valence-corrected chi connectivity index (χ1v) is 23.8. The highest BCUT2D eigenvalue weighted by molar-refractivity contribution is 5.96. The molecule has 0 saturated carbocycles. The van der Waals surface area contributed by atoms with E-state index in [2.05, 4.69) is 73.0 Å². The minimum absolute atomic E-state index is 0.0321. The molecule has 3 amide bonds. The third-order valence-corrected chi connectivity index (χ3v) is 13.6. The molecule has 360 valence electrons. The molecule has 4 atom stereocenters. The zero-order valence-electron chi connectivity index (χ0n) is 40.7. The molecule has 67 heavy (non-hydrogen) atoms. The van der Waals surface area contributed by atoms with Gasteiger partial charge in [0.25, 0.3) is 5.91 Å². The number of phenols is 1. The van der Waals surface area contributed by atoms with E-state index in [0.29, 0.717) is 70.8 Å². The molecule has 1 unspecified atom stereocenters. The van der Waals surface area contributed by atoms with Gasteiger partial charge in [-0.2, -0.15) is 0 Å². The van der Waals surface area contributed by atoms with Crippen LogP contribution in [-0.4, -0.2) is 120 Å². The number of rotatable bonds is 13. The number of hydrazine groups is 1. The van der Waals surface area contributed by atoms with Crippen molar-refractivity contribution in [3.63, 3.8) is 0 Å². The number of fused-ring (bicyclic) bond motifs is 6. The van der Waals surface area contributed by atoms with Crippen molar-refractivity contribution in [2.24, 2.45) is 17.3 Å². The molecule has 4 heterocycles. The maximum absolute atomic E-state index is 14.8. The van der Waals surface area contributed by atoms with Crippen LogP contribution in [0.25, 0.3) is 33.3 Å². The van der Waals surface area contributed by atoms with Crippen LogP contribution in [0.2, 0.25) is 0 Å². The number of nitrogens with one attached hydrogen (secondary N) is 2. The fourth-order valence-corrected chi connectivity index (χ4v) is 10.6. The van der Waals surface area contributed by atoms with Crippen LogP contribution in [-0.2, 0) is 66.0 Å². The second kappa shape index (κ2) is 21.2. The average molecular weight is 919 g/mol. The third kappa shape index (κ3) is 10.9. The quantitative estimate of drug-likeness (QED) is 0.0984. The zero-order chi connectivity index (χ0) is 48.2. The van der Waals surface area contributed by atoms with Crippen LogP contribution in [0.4, 0.5) is 0 Å². The molecular weight excluding hydrogens is 849 g/mol. The predicted octanol–water partition coefficient (Wildman–Crippen LogP) is 6.63. The maximum atomic E-state index is 14.8. The third-order valence-electron chi connectivity index (χ3n) is 13.6. The lowest BCUT2D eigenvalue weighted by molar-refractivity contribution is -0.155. The number of cyclic esters (lactones) is 1. The summed E-state index contributed by atoms with van der Waals surface area (Å²) >= 11 is 0. The summed E-state index contributed by atoms with van der Waals surface area (Å²) < 4.78 is 20.0. The summed E-state index contributed by atoms with van der Waals surface area (Å²) in [6, 6.07) is 15.5. The Balaban J connectivity index is 1.32. The van der Waals surface area contributed by atoms with Gasteiger partial charge in [-0.3, -0.25) is 29.1 Å². The zero-order valence-corrected chi connectivity index (χ0v) is 40.7. The highest BCUT2D eigenvalue weighted by Gasteiger charge is 2.38. The number of likely N-dealkylation sites (N-methyl/N-ethyl adjacent to an activating group) is 1. The summed E-state index contributed by atoms with van der Waals surface area (Å²) in [6.45, 7) is 17.7. The number of phenolic OH excluding ortho intramolecular Hbond substituents is 1. The van der Waals surface area contributed by atoms with Gasteiger partial charge in [-0.05, 0) is 115 Å². The molecule has 3 N–H and O–H groups in total. The highest BCUT2D eigenvalue weighted by Crippen LogP contribution is 2.43. The Morgan fingerprint density at radius 1 is 1.03 bits per heavy atom. The van der Waals surface area contributed by atoms with Crippen molar-refractivity contribution in [3.05, 3.63) is 89.5 Å². The Labute approximate surface area is 395 Å². The van der Waals surface area contributed by atoms with Crippen LogP contribution in [0.5, 0.6) is 5.75 Å². The lowest BCUT2D eigenvalue weighted by Gasteiger charge is -2.37. The lowest BCUT2D eigenvalue weighted by atomic mass is 9.83. The fourth-order valence-electron chi connectivity index (χ4n) is 10.6. The summed E-state index contributed by atoms with van der Waals surface area (Å²) in [6.07, 6.45) is 3.81. The summed E-state index contributed by atoms with van der Waals surface area (Å²) in [4.78, 5) is 59.5. The van der Waals surface area contributed by atoms with E-state index in [1.54, 1.807) is 31.3 Å². The van der Waals surface area contributed by atoms with Crippen molar-refractivity contribution in [3.8, 4) is 28.1 Å². The second-order valence-electron chi connectivity index (χ2n) is 19.8. The number of carbonyl (C=O) groups excluding carboxylic acids is 4. The van der Waals surface area contributed by atoms with Crippen molar-refractivity contribution >= 4 is 34.6 Å². The van der Waals surface area contributed by atoms with E-state index >= 15 is 0 Å². The van der Waals surface area contributed by atoms with Crippen LogP contribution in [0.3, 0.4) is 0 Å². The number of ether oxygens (including phenoxy) is 3. The number of likely N-dealkylation sites (tertiary alicyclic amines) is 1. The Hall–Kier alpha value is -5.54. The Morgan fingerprint density at radius 3 is 2.43 bits per heavy atom. The number of methoxy groups -OCH3 is 2. The van der Waals surface area contributed by atoms with Gasteiger partial charge in [-0.25, -0.2) is 5.43 Å². The molecule has 2 fully saturated rings. The van der Waals surface area contributed by atoms with E-state index in [1.165, 1.54) is 11.1 Å². The first-order chi connectivity index (χ1) is 32.1. The van der Waals surface area contributed by atoms with E-state index in [-0.39, 0.29) is 42.4 Å². The molecule has 7 rings (SSSR count). The van der Waals surface area contributed by atoms with E-state index in [0.717, 1.165) is 56.4 Å². The predicted molar refractivity (Wildman–Crippen MR) is 260 cm³/mol. The van der Waals surface area contributed by atoms with Crippen LogP contribution in [0.1, 0.15) is 76.1 Å². The number of aromatic nitrogens is 1. The van der Waals surface area contributed by atoms with Gasteiger partial charge < -0.3 is 34.1 Å². The first kappa shape index (κ1) is 49.4. The van der Waals surface area contributed by atoms with Crippen LogP contribution in [0.15, 0.2) is 67.3 Å². The summed E-state index contributed by atoms with van der Waals surface area (Å²) in [5.74, 6) is -1.15. The monoisotopic (exact) mass is 919 g/mol. The van der Waals surface area contributed by atoms with Gasteiger partial charge >= 0.3 is 5.97 Å². The molecule has 0 spiro atoms. The molecular formula is C53H70N6O8. The lowest BCUT2D eigenvalue weighted by Crippen LogP contribution is -2.62. The molecule has 3 aliphatic rings. The van der Waals surface area contributed by atoms with Crippen molar-refractivity contribution < 1.29 is 38.5 Å². The molecule has 4 aromatic rings. The molecule has 14 nitrogen and oxygen atoms in total. The number of nitrogens with zero attached hydrogens (tertiary/aromatic N) is 4. The van der Waals surface area contributed by atoms with E-state index in [9.17, 15) is 24.3 Å². The van der Waals surface area contributed by atoms with Gasteiger partial charge in [-0.1, -0.05) is 64.6 Å². The van der Waals surface area contributed by atoms with E-state index in [4.69, 9.17) is 14.2 Å². The number of esters is 1. The maximum Gasteiger partial charge on any atom is 0.324 e. The number of amides is 3. The molecule has 6 bridgehead atoms. The van der Waals surface area contributed by atoms with Gasteiger partial charge in [0.05, 0.1) is 31.6 Å². The summed E-state index contributed by atoms with van der Waals surface area (Å²) in [7, 11) is 5.31. The number of hydrogen-bond donors (Lipinski definition) is 3. The first-order valence-electron chi connectivity index (χ1n) is 23.8. The van der Waals surface area contributed by atoms with E-state index in [1.807, 2.05) is 37.9 Å². The largest absolute Gasteiger partial charge is 0.508 e. The smallest absolute Gasteiger partial charge is 0.324 e. The van der Waals surface area contributed by atoms with E-state index < -0.39 is 35.4 Å². The van der Waals surface area contributed by atoms with Crippen molar-refractivity contribution in [1.29, 1.82) is 0 Å². The molecule has 1 aromatic heterocycles. The molecule has 2 saturated heterocycles. The van der Waals surface area contributed by atoms with Crippen LogP contribution < -0.4 is 10.7 Å². The highest BCUT2D eigenvalue weighted by atomic mass is 16.5. The average Bonchev–Trinajstić information content (AvgIpc) is 3.88. The SMILES string of the molecule is C=CC(=O)N1CCC(CN(C)[C@H](C(=O)N[C@H]2Cc3cc(O)cc(c3)-c3ccc4c(c3)c(c(-c3c(COC)cccc3COC)n4CC)CC(C)(C)COC(=O)[C@@H]3CCCN(N3)C2=O)C(C)C)C1. The van der Waals surface area contributed by atoms with Crippen molar-refractivity contribution in [1.82, 2.24) is 30.1 Å². The molecule has 3 aliphatic heterocycles. The Morgan fingerprint density at radius 2 is 1.76 bits per heavy atom. The van der Waals surface area contributed by atoms with Gasteiger partial charge in [0.15, 0.2) is 0 Å². The standard InChI is InChI=1S/C53H70N6O8/c1-10-46(61)57-21-19-34(29-57)28-56(7)48(33(3)4)50(62)54-44-24-35-22-39(25-40(60)23-35)36-17-18-45-41(26-36)42(27-53(5,6)32-67-52(64)43-16-13-20-59(55-43)51(44)63)49(58(45)11-2)47-37(30-65-8)14-12-15-38(47)31-66-9/h10,12,14-15,17-18,22-23,25-26,33-34,43-44,48,55,60H,1,11,13,16,19-21,24,27-32H2,2-9H3,(H,54,62)/t34?,43-,44-,48-/m0/s1. The van der Waals surface area contributed by atoms with Crippen molar-refractivity contribution in [2.75, 3.05) is 54.1 Å². The number of aryl methyl sites for hydroxylation is 1. The van der Waals surface area contributed by atoms with Gasteiger partial charge in [0.2, 0.25) is 11.8 Å². The van der Waals surface area contributed by atoms with Crippen LogP contribution >= 0.6 is 0 Å². The molecule has 0 radical (unpaired) electrons.